The highest BCUT2D eigenvalue weighted by Gasteiger charge is 2.19. The molecule has 0 spiro atoms. The molecule has 2 heteroatoms. The molecule has 2 atom stereocenters. The molecule has 2 rings (SSSR count). The van der Waals surface area contributed by atoms with Crippen molar-refractivity contribution in [2.45, 2.75) is 44.8 Å². The van der Waals surface area contributed by atoms with Gasteiger partial charge in [-0.05, 0) is 37.8 Å². The molecule has 0 amide bonds. The largest absolute Gasteiger partial charge is 0.328 e. The van der Waals surface area contributed by atoms with Crippen LogP contribution in [0.25, 0.3) is 0 Å². The number of nitrogens with one attached hydrogen (secondary N) is 1. The van der Waals surface area contributed by atoms with E-state index >= 15 is 0 Å². The molecule has 23 heavy (non-hydrogen) atoms. The van der Waals surface area contributed by atoms with Gasteiger partial charge in [0.1, 0.15) is 0 Å². The lowest BCUT2D eigenvalue weighted by molar-refractivity contribution is 0.417. The van der Waals surface area contributed by atoms with Crippen LogP contribution in [0.3, 0.4) is 0 Å². The van der Waals surface area contributed by atoms with Gasteiger partial charge in [0.05, 0.1) is 6.04 Å². The van der Waals surface area contributed by atoms with E-state index in [1.54, 1.807) is 0 Å². The van der Waals surface area contributed by atoms with Gasteiger partial charge in [-0.25, -0.2) is 0 Å². The van der Waals surface area contributed by atoms with Crippen molar-refractivity contribution in [2.75, 3.05) is 0 Å². The highest BCUT2D eigenvalue weighted by molar-refractivity contribution is 5.31. The summed E-state index contributed by atoms with van der Waals surface area (Å²) in [5.41, 5.74) is 9.78. The van der Waals surface area contributed by atoms with Crippen molar-refractivity contribution >= 4 is 0 Å². The van der Waals surface area contributed by atoms with E-state index in [2.05, 4.69) is 86.4 Å². The molecule has 0 unspecified atom stereocenters. The summed E-state index contributed by atoms with van der Waals surface area (Å²) in [6.07, 6.45) is 1.88. The molecular formula is C21H28N2. The molecule has 0 bridgehead atoms. The van der Waals surface area contributed by atoms with Crippen LogP contribution in [0.15, 0.2) is 72.8 Å². The Kier molecular flexibility index (Phi) is 6.57. The second-order valence-electron chi connectivity index (χ2n) is 6.49. The van der Waals surface area contributed by atoms with E-state index in [0.29, 0.717) is 6.04 Å². The first kappa shape index (κ1) is 17.5. The molecule has 0 aromatic heterocycles. The fourth-order valence-electron chi connectivity index (χ4n) is 2.99. The van der Waals surface area contributed by atoms with E-state index in [-0.39, 0.29) is 12.1 Å². The molecule has 2 nitrogen and oxygen atoms in total. The molecule has 0 heterocycles. The minimum atomic E-state index is 0.166. The van der Waals surface area contributed by atoms with Crippen LogP contribution in [0, 0.1) is 0 Å². The van der Waals surface area contributed by atoms with Gasteiger partial charge in [0, 0.05) is 12.1 Å². The maximum atomic E-state index is 6.05. The van der Waals surface area contributed by atoms with Crippen molar-refractivity contribution in [3.8, 4) is 0 Å². The van der Waals surface area contributed by atoms with Crippen LogP contribution in [0.1, 0.15) is 43.9 Å². The van der Waals surface area contributed by atoms with Crippen LogP contribution in [-0.4, -0.2) is 12.1 Å². The standard InChI is InChI=1S/C21H28N2/c1-16(2)14-20(15-17(3)22)23-21(18-10-6-4-7-11-18)19-12-8-5-9-13-19/h4-13,17,20-21,23H,1,14-15,22H2,2-3H3/t17-,20-/m0/s1. The first-order valence-corrected chi connectivity index (χ1v) is 8.32. The van der Waals surface area contributed by atoms with Gasteiger partial charge in [0.15, 0.2) is 0 Å². The minimum absolute atomic E-state index is 0.166. The van der Waals surface area contributed by atoms with Crippen molar-refractivity contribution in [1.82, 2.24) is 5.32 Å². The molecule has 3 N–H and O–H groups in total. The van der Waals surface area contributed by atoms with Crippen LogP contribution in [0.2, 0.25) is 0 Å². The SMILES string of the molecule is C=C(C)C[C@@H](C[C@H](C)N)NC(c1ccccc1)c1ccccc1. The van der Waals surface area contributed by atoms with Gasteiger partial charge in [-0.15, -0.1) is 6.58 Å². The zero-order valence-corrected chi connectivity index (χ0v) is 14.2. The third-order valence-corrected chi connectivity index (χ3v) is 3.92. The lowest BCUT2D eigenvalue weighted by Crippen LogP contribution is -2.37. The minimum Gasteiger partial charge on any atom is -0.328 e. The predicted octanol–water partition coefficient (Wildman–Crippen LogP) is 4.44. The summed E-state index contributed by atoms with van der Waals surface area (Å²) >= 11 is 0. The number of hydrogen-bond donors (Lipinski definition) is 2. The van der Waals surface area contributed by atoms with E-state index in [1.165, 1.54) is 16.7 Å². The van der Waals surface area contributed by atoms with Gasteiger partial charge < -0.3 is 11.1 Å². The summed E-state index contributed by atoms with van der Waals surface area (Å²) in [5.74, 6) is 0. The molecule has 0 aliphatic rings. The maximum Gasteiger partial charge on any atom is 0.0578 e. The lowest BCUT2D eigenvalue weighted by atomic mass is 9.95. The Labute approximate surface area is 140 Å². The van der Waals surface area contributed by atoms with Crippen LogP contribution < -0.4 is 11.1 Å². The topological polar surface area (TPSA) is 38.0 Å². The Morgan fingerprint density at radius 2 is 1.48 bits per heavy atom. The van der Waals surface area contributed by atoms with Gasteiger partial charge in [-0.3, -0.25) is 0 Å². The first-order chi connectivity index (χ1) is 11.1. The van der Waals surface area contributed by atoms with Crippen molar-refractivity contribution in [3.63, 3.8) is 0 Å². The summed E-state index contributed by atoms with van der Waals surface area (Å²) in [6.45, 7) is 8.22. The first-order valence-electron chi connectivity index (χ1n) is 8.32. The summed E-state index contributed by atoms with van der Waals surface area (Å²) in [6, 6.07) is 21.8. The average Bonchev–Trinajstić information content (AvgIpc) is 2.53. The highest BCUT2D eigenvalue weighted by Crippen LogP contribution is 2.24. The van der Waals surface area contributed by atoms with Crippen LogP contribution in [0.4, 0.5) is 0 Å². The molecule has 0 saturated carbocycles. The fourth-order valence-corrected chi connectivity index (χ4v) is 2.99. The number of benzene rings is 2. The van der Waals surface area contributed by atoms with Crippen molar-refractivity contribution in [3.05, 3.63) is 83.9 Å². The molecule has 0 saturated heterocycles. The van der Waals surface area contributed by atoms with Gasteiger partial charge in [-0.2, -0.15) is 0 Å². The summed E-state index contributed by atoms with van der Waals surface area (Å²) in [4.78, 5) is 0. The zero-order chi connectivity index (χ0) is 16.7. The average molecular weight is 308 g/mol. The molecule has 2 aromatic rings. The van der Waals surface area contributed by atoms with E-state index in [1.807, 2.05) is 0 Å². The van der Waals surface area contributed by atoms with Crippen LogP contribution >= 0.6 is 0 Å². The third-order valence-electron chi connectivity index (χ3n) is 3.92. The lowest BCUT2D eigenvalue weighted by Gasteiger charge is -2.28. The van der Waals surface area contributed by atoms with Gasteiger partial charge >= 0.3 is 0 Å². The second kappa shape index (κ2) is 8.66. The predicted molar refractivity (Wildman–Crippen MR) is 99.3 cm³/mol. The third kappa shape index (κ3) is 5.66. The Hall–Kier alpha value is -1.90. The second-order valence-corrected chi connectivity index (χ2v) is 6.49. The Balaban J connectivity index is 2.27. The smallest absolute Gasteiger partial charge is 0.0578 e. The fraction of sp³-hybridized carbons (Fsp3) is 0.333. The Morgan fingerprint density at radius 3 is 1.87 bits per heavy atom. The molecule has 0 aliphatic carbocycles. The summed E-state index contributed by atoms with van der Waals surface area (Å²) in [5, 5.41) is 3.81. The number of hydrogen-bond acceptors (Lipinski definition) is 2. The number of rotatable bonds is 8. The van der Waals surface area contributed by atoms with E-state index < -0.39 is 0 Å². The van der Waals surface area contributed by atoms with Gasteiger partial charge in [-0.1, -0.05) is 66.2 Å². The van der Waals surface area contributed by atoms with Crippen molar-refractivity contribution < 1.29 is 0 Å². The Morgan fingerprint density at radius 1 is 1.00 bits per heavy atom. The molecule has 0 aliphatic heterocycles. The monoisotopic (exact) mass is 308 g/mol. The van der Waals surface area contributed by atoms with E-state index in [0.717, 1.165) is 12.8 Å². The quantitative estimate of drug-likeness (QED) is 0.708. The Bertz CT molecular complexity index is 550. The molecule has 122 valence electrons. The van der Waals surface area contributed by atoms with Gasteiger partial charge in [0.25, 0.3) is 0 Å². The maximum absolute atomic E-state index is 6.05. The number of nitrogens with two attached hydrogens (primary N) is 1. The van der Waals surface area contributed by atoms with Crippen LogP contribution in [-0.2, 0) is 0 Å². The molecule has 0 radical (unpaired) electrons. The van der Waals surface area contributed by atoms with Crippen molar-refractivity contribution in [1.29, 1.82) is 0 Å². The summed E-state index contributed by atoms with van der Waals surface area (Å²) in [7, 11) is 0. The van der Waals surface area contributed by atoms with E-state index in [9.17, 15) is 0 Å². The van der Waals surface area contributed by atoms with Crippen molar-refractivity contribution in [2.24, 2.45) is 5.73 Å². The van der Waals surface area contributed by atoms with E-state index in [4.69, 9.17) is 5.73 Å². The highest BCUT2D eigenvalue weighted by atomic mass is 15.0. The van der Waals surface area contributed by atoms with Gasteiger partial charge in [0.2, 0.25) is 0 Å². The molecule has 2 aromatic carbocycles. The molecule has 0 fully saturated rings. The normalized spacial score (nSPS) is 13.7. The van der Waals surface area contributed by atoms with Crippen LogP contribution in [0.5, 0.6) is 0 Å². The zero-order valence-electron chi connectivity index (χ0n) is 14.2. The summed E-state index contributed by atoms with van der Waals surface area (Å²) < 4.78 is 0. The molecular weight excluding hydrogens is 280 g/mol.